The van der Waals surface area contributed by atoms with Crippen molar-refractivity contribution in [2.24, 2.45) is 5.92 Å². The number of fused-ring (bicyclic) bond motifs is 1. The van der Waals surface area contributed by atoms with Crippen LogP contribution in [0.1, 0.15) is 58.5 Å². The van der Waals surface area contributed by atoms with Crippen LogP contribution >= 0.6 is 0 Å². The number of halogens is 1. The lowest BCUT2D eigenvalue weighted by atomic mass is 9.89. The fourth-order valence-electron chi connectivity index (χ4n) is 4.84. The largest absolute Gasteiger partial charge is 0.343 e. The van der Waals surface area contributed by atoms with Gasteiger partial charge in [-0.2, -0.15) is 0 Å². The van der Waals surface area contributed by atoms with Gasteiger partial charge in [-0.15, -0.1) is 0 Å². The summed E-state index contributed by atoms with van der Waals surface area (Å²) in [6, 6.07) is 8.01. The van der Waals surface area contributed by atoms with Gasteiger partial charge in [-0.25, -0.2) is 4.39 Å². The van der Waals surface area contributed by atoms with E-state index in [9.17, 15) is 14.0 Å². The second kappa shape index (κ2) is 9.77. The number of aromatic nitrogens is 1. The maximum absolute atomic E-state index is 13.1. The molecule has 5 nitrogen and oxygen atoms in total. The molecule has 6 heteroatoms. The Morgan fingerprint density at radius 1 is 1.03 bits per heavy atom. The van der Waals surface area contributed by atoms with Gasteiger partial charge in [-0.05, 0) is 94.1 Å². The molecule has 1 fully saturated rings. The van der Waals surface area contributed by atoms with Gasteiger partial charge in [-0.3, -0.25) is 9.59 Å². The van der Waals surface area contributed by atoms with E-state index in [2.05, 4.69) is 21.7 Å². The van der Waals surface area contributed by atoms with Gasteiger partial charge in [-0.1, -0.05) is 0 Å². The smallest absolute Gasteiger partial charge is 0.270 e. The van der Waals surface area contributed by atoms with E-state index in [1.165, 1.54) is 17.7 Å². The van der Waals surface area contributed by atoms with Crippen molar-refractivity contribution in [3.05, 3.63) is 59.2 Å². The molecule has 2 aromatic rings. The van der Waals surface area contributed by atoms with E-state index in [1.807, 2.05) is 11.9 Å². The maximum atomic E-state index is 13.1. The second-order valence-electron chi connectivity index (χ2n) is 8.91. The highest BCUT2D eigenvalue weighted by molar-refractivity contribution is 5.97. The van der Waals surface area contributed by atoms with Crippen molar-refractivity contribution in [3.63, 3.8) is 0 Å². The number of ketones is 1. The summed E-state index contributed by atoms with van der Waals surface area (Å²) in [6.45, 7) is 4.58. The highest BCUT2D eigenvalue weighted by Crippen LogP contribution is 2.23. The number of hydrogen-bond donors (Lipinski definition) is 0. The van der Waals surface area contributed by atoms with Crippen molar-refractivity contribution < 1.29 is 14.0 Å². The lowest BCUT2D eigenvalue weighted by Gasteiger charge is -2.31. The summed E-state index contributed by atoms with van der Waals surface area (Å²) in [5.74, 6) is 0.0201. The molecule has 0 spiro atoms. The summed E-state index contributed by atoms with van der Waals surface area (Å²) in [5, 5.41) is 0. The van der Waals surface area contributed by atoms with Crippen LogP contribution in [0.5, 0.6) is 0 Å². The van der Waals surface area contributed by atoms with Gasteiger partial charge in [0.05, 0.1) is 0 Å². The molecule has 0 radical (unpaired) electrons. The Kier molecular flexibility index (Phi) is 6.86. The fraction of sp³-hybridized carbons (Fsp3) is 0.520. The Bertz CT molecular complexity index is 913. The minimum Gasteiger partial charge on any atom is -0.343 e. The second-order valence-corrected chi connectivity index (χ2v) is 8.91. The standard InChI is InChI=1S/C25H32FN3O2/c1-27-13-4-5-19-12-18-29(23(19)25(27)31)15-3-2-14-28-16-10-21(11-17-28)24(30)20-6-8-22(26)9-7-20/h6-9,12,18,21H,2-5,10-11,13-17H2,1H3. The molecule has 4 rings (SSSR count). The Morgan fingerprint density at radius 3 is 2.48 bits per heavy atom. The van der Waals surface area contributed by atoms with Crippen molar-refractivity contribution >= 4 is 11.7 Å². The lowest BCUT2D eigenvalue weighted by Crippen LogP contribution is -2.37. The van der Waals surface area contributed by atoms with Gasteiger partial charge >= 0.3 is 0 Å². The summed E-state index contributed by atoms with van der Waals surface area (Å²) in [7, 11) is 1.89. The van der Waals surface area contributed by atoms with Gasteiger partial charge < -0.3 is 14.4 Å². The number of Topliss-reactive ketones (excluding diaryl/α,β-unsaturated/α-hetero) is 1. The molecule has 2 aliphatic heterocycles. The zero-order valence-electron chi connectivity index (χ0n) is 18.4. The predicted molar refractivity (Wildman–Crippen MR) is 119 cm³/mol. The average molecular weight is 426 g/mol. The van der Waals surface area contributed by atoms with Crippen LogP contribution in [0, 0.1) is 11.7 Å². The monoisotopic (exact) mass is 425 g/mol. The number of rotatable bonds is 7. The van der Waals surface area contributed by atoms with Crippen molar-refractivity contribution in [2.75, 3.05) is 33.2 Å². The highest BCUT2D eigenvalue weighted by Gasteiger charge is 2.26. The first-order valence-electron chi connectivity index (χ1n) is 11.5. The molecule has 0 atom stereocenters. The average Bonchev–Trinajstić information content (AvgIpc) is 3.12. The number of amides is 1. The quantitative estimate of drug-likeness (QED) is 0.497. The van der Waals surface area contributed by atoms with Gasteiger partial charge in [0.15, 0.2) is 5.78 Å². The minimum absolute atomic E-state index is 0.0417. The first-order chi connectivity index (χ1) is 15.0. The van der Waals surface area contributed by atoms with Crippen LogP contribution < -0.4 is 0 Å². The van der Waals surface area contributed by atoms with Crippen molar-refractivity contribution in [1.29, 1.82) is 0 Å². The fourth-order valence-corrected chi connectivity index (χ4v) is 4.84. The molecule has 2 aliphatic rings. The van der Waals surface area contributed by atoms with Crippen LogP contribution in [0.3, 0.4) is 0 Å². The molecular weight excluding hydrogens is 393 g/mol. The number of hydrogen-bond acceptors (Lipinski definition) is 3. The van der Waals surface area contributed by atoms with Crippen LogP contribution in [0.4, 0.5) is 4.39 Å². The molecule has 0 aliphatic carbocycles. The van der Waals surface area contributed by atoms with E-state index in [0.29, 0.717) is 5.56 Å². The highest BCUT2D eigenvalue weighted by atomic mass is 19.1. The first kappa shape index (κ1) is 21.8. The molecule has 1 aromatic heterocycles. The van der Waals surface area contributed by atoms with Crippen molar-refractivity contribution in [2.45, 2.75) is 45.1 Å². The first-order valence-corrected chi connectivity index (χ1v) is 11.5. The van der Waals surface area contributed by atoms with Gasteiger partial charge in [0.1, 0.15) is 11.5 Å². The Balaban J connectivity index is 1.21. The molecule has 0 saturated carbocycles. The number of likely N-dealkylation sites (tertiary alicyclic amines) is 1. The number of carbonyl (C=O) groups is 2. The molecule has 0 unspecified atom stereocenters. The molecule has 0 bridgehead atoms. The van der Waals surface area contributed by atoms with E-state index in [0.717, 1.165) is 76.9 Å². The maximum Gasteiger partial charge on any atom is 0.270 e. The Labute approximate surface area is 183 Å². The van der Waals surface area contributed by atoms with Crippen LogP contribution in [0.15, 0.2) is 36.5 Å². The zero-order chi connectivity index (χ0) is 21.8. The predicted octanol–water partition coefficient (Wildman–Crippen LogP) is 4.02. The third kappa shape index (κ3) is 5.06. The van der Waals surface area contributed by atoms with Crippen molar-refractivity contribution in [3.8, 4) is 0 Å². The summed E-state index contributed by atoms with van der Waals surface area (Å²) in [6.07, 6.45) is 7.90. The van der Waals surface area contributed by atoms with Gasteiger partial charge in [0.2, 0.25) is 0 Å². The third-order valence-corrected chi connectivity index (χ3v) is 6.75. The number of nitrogens with zero attached hydrogens (tertiary/aromatic N) is 3. The molecule has 0 N–H and O–H groups in total. The van der Waals surface area contributed by atoms with Gasteiger partial charge in [0.25, 0.3) is 5.91 Å². The Morgan fingerprint density at radius 2 is 1.74 bits per heavy atom. The van der Waals surface area contributed by atoms with Gasteiger partial charge in [0, 0.05) is 37.8 Å². The molecule has 166 valence electrons. The van der Waals surface area contributed by atoms with E-state index >= 15 is 0 Å². The summed E-state index contributed by atoms with van der Waals surface area (Å²) >= 11 is 0. The number of benzene rings is 1. The van der Waals surface area contributed by atoms with Crippen LogP contribution in [-0.4, -0.2) is 59.3 Å². The van der Waals surface area contributed by atoms with Crippen LogP contribution in [0.2, 0.25) is 0 Å². The zero-order valence-corrected chi connectivity index (χ0v) is 18.4. The summed E-state index contributed by atoms with van der Waals surface area (Å²) in [4.78, 5) is 29.5. The topological polar surface area (TPSA) is 45.5 Å². The summed E-state index contributed by atoms with van der Waals surface area (Å²) < 4.78 is 15.2. The SMILES string of the molecule is CN1CCCc2ccn(CCCCN3CCC(C(=O)c4ccc(F)cc4)CC3)c2C1=O. The molecule has 3 heterocycles. The Hall–Kier alpha value is -2.47. The molecule has 1 saturated heterocycles. The number of unbranched alkanes of at least 4 members (excludes halogenated alkanes) is 1. The third-order valence-electron chi connectivity index (χ3n) is 6.75. The minimum atomic E-state index is -0.307. The molecule has 1 amide bonds. The number of carbonyl (C=O) groups excluding carboxylic acids is 2. The number of aryl methyl sites for hydroxylation is 2. The van der Waals surface area contributed by atoms with E-state index in [4.69, 9.17) is 0 Å². The molecular formula is C25H32FN3O2. The number of piperidine rings is 1. The molecule has 31 heavy (non-hydrogen) atoms. The van der Waals surface area contributed by atoms with E-state index in [1.54, 1.807) is 12.1 Å². The summed E-state index contributed by atoms with van der Waals surface area (Å²) in [5.41, 5.74) is 2.67. The lowest BCUT2D eigenvalue weighted by molar-refractivity contribution is 0.0787. The van der Waals surface area contributed by atoms with Crippen molar-refractivity contribution in [1.82, 2.24) is 14.4 Å². The van der Waals surface area contributed by atoms with Crippen LogP contribution in [0.25, 0.3) is 0 Å². The van der Waals surface area contributed by atoms with E-state index in [-0.39, 0.29) is 23.4 Å². The van der Waals surface area contributed by atoms with Crippen LogP contribution in [-0.2, 0) is 13.0 Å². The molecule has 1 aromatic carbocycles. The van der Waals surface area contributed by atoms with E-state index < -0.39 is 0 Å². The normalized spacial score (nSPS) is 18.1.